The van der Waals surface area contributed by atoms with Gasteiger partial charge in [0, 0.05) is 18.2 Å². The molecule has 2 heterocycles. The summed E-state index contributed by atoms with van der Waals surface area (Å²) in [7, 11) is 1.91. The van der Waals surface area contributed by atoms with Gasteiger partial charge in [-0.2, -0.15) is 0 Å². The lowest BCUT2D eigenvalue weighted by Gasteiger charge is -2.25. The Bertz CT molecular complexity index is 683. The Hall–Kier alpha value is -2.11. The van der Waals surface area contributed by atoms with Crippen molar-refractivity contribution < 1.29 is 14.3 Å². The van der Waals surface area contributed by atoms with Gasteiger partial charge in [-0.1, -0.05) is 30.3 Å². The first-order valence-electron chi connectivity index (χ1n) is 8.90. The van der Waals surface area contributed by atoms with Gasteiger partial charge in [-0.25, -0.2) is 0 Å². The summed E-state index contributed by atoms with van der Waals surface area (Å²) < 4.78 is 6.01. The van der Waals surface area contributed by atoms with Crippen molar-refractivity contribution in [3.63, 3.8) is 0 Å². The molecule has 1 aromatic heterocycles. The van der Waals surface area contributed by atoms with Crippen molar-refractivity contribution in [1.29, 1.82) is 0 Å². The lowest BCUT2D eigenvalue weighted by Crippen LogP contribution is -2.36. The lowest BCUT2D eigenvalue weighted by atomic mass is 10.1. The molecule has 5 nitrogen and oxygen atoms in total. The molecule has 25 heavy (non-hydrogen) atoms. The molecule has 1 N–H and O–H groups in total. The Morgan fingerprint density at radius 3 is 2.76 bits per heavy atom. The van der Waals surface area contributed by atoms with Crippen molar-refractivity contribution in [3.8, 4) is 11.3 Å². The molecular formula is C20H26N2O3. The number of benzene rings is 1. The van der Waals surface area contributed by atoms with Gasteiger partial charge in [0.15, 0.2) is 0 Å². The Morgan fingerprint density at radius 1 is 1.20 bits per heavy atom. The molecule has 2 aromatic rings. The Morgan fingerprint density at radius 2 is 2.00 bits per heavy atom. The van der Waals surface area contributed by atoms with Crippen molar-refractivity contribution in [2.45, 2.75) is 31.8 Å². The van der Waals surface area contributed by atoms with Gasteiger partial charge in [-0.05, 0) is 45.0 Å². The average molecular weight is 342 g/mol. The van der Waals surface area contributed by atoms with Crippen LogP contribution in [-0.2, 0) is 11.3 Å². The number of carbonyl (C=O) groups is 1. The molecule has 134 valence electrons. The zero-order valence-electron chi connectivity index (χ0n) is 14.7. The minimum absolute atomic E-state index is 0.114. The normalized spacial score (nSPS) is 19.0. The molecule has 0 saturated carbocycles. The number of rotatable bonds is 6. The van der Waals surface area contributed by atoms with E-state index in [0.29, 0.717) is 6.04 Å². The second-order valence-electron chi connectivity index (χ2n) is 6.80. The summed E-state index contributed by atoms with van der Waals surface area (Å²) in [5, 5.41) is 8.96. The van der Waals surface area contributed by atoms with Crippen LogP contribution in [0.5, 0.6) is 0 Å². The van der Waals surface area contributed by atoms with E-state index in [1.54, 1.807) is 0 Å². The first kappa shape index (κ1) is 17.7. The fourth-order valence-corrected chi connectivity index (χ4v) is 3.52. The standard InChI is InChI=1S/C20H26N2O3/c1-21(15-20(23)24)17-8-5-12-22(13-11-17)14-18-9-10-19(25-18)16-6-3-2-4-7-16/h2-4,6-7,9-10,17H,5,8,11-15H2,1H3,(H,23,24). The number of likely N-dealkylation sites (N-methyl/N-ethyl adjacent to an activating group) is 1. The maximum absolute atomic E-state index is 10.9. The first-order valence-corrected chi connectivity index (χ1v) is 8.90. The van der Waals surface area contributed by atoms with Gasteiger partial charge in [0.25, 0.3) is 0 Å². The van der Waals surface area contributed by atoms with Crippen molar-refractivity contribution in [1.82, 2.24) is 9.80 Å². The van der Waals surface area contributed by atoms with E-state index in [9.17, 15) is 4.79 Å². The highest BCUT2D eigenvalue weighted by molar-refractivity contribution is 5.69. The molecule has 3 rings (SSSR count). The fraction of sp³-hybridized carbons (Fsp3) is 0.450. The van der Waals surface area contributed by atoms with E-state index in [0.717, 1.165) is 56.0 Å². The van der Waals surface area contributed by atoms with Crippen LogP contribution in [0.3, 0.4) is 0 Å². The summed E-state index contributed by atoms with van der Waals surface area (Å²) >= 11 is 0. The molecule has 0 amide bonds. The summed E-state index contributed by atoms with van der Waals surface area (Å²) in [6.07, 6.45) is 3.13. The molecule has 0 spiro atoms. The van der Waals surface area contributed by atoms with E-state index < -0.39 is 5.97 Å². The molecule has 1 saturated heterocycles. The summed E-state index contributed by atoms with van der Waals surface area (Å²) in [6, 6.07) is 14.6. The number of aliphatic carboxylic acids is 1. The van der Waals surface area contributed by atoms with Gasteiger partial charge in [0.1, 0.15) is 11.5 Å². The van der Waals surface area contributed by atoms with Crippen molar-refractivity contribution in [2.75, 3.05) is 26.7 Å². The number of furan rings is 1. The highest BCUT2D eigenvalue weighted by atomic mass is 16.4. The number of likely N-dealkylation sites (tertiary alicyclic amines) is 1. The van der Waals surface area contributed by atoms with Crippen molar-refractivity contribution in [3.05, 3.63) is 48.2 Å². The number of carboxylic acid groups (broad SMARTS) is 1. The van der Waals surface area contributed by atoms with Crippen molar-refractivity contribution in [2.24, 2.45) is 0 Å². The van der Waals surface area contributed by atoms with Crippen LogP contribution in [0.25, 0.3) is 11.3 Å². The molecular weight excluding hydrogens is 316 g/mol. The average Bonchev–Trinajstić information content (AvgIpc) is 2.93. The van der Waals surface area contributed by atoms with Gasteiger partial charge in [0.2, 0.25) is 0 Å². The molecule has 1 unspecified atom stereocenters. The van der Waals surface area contributed by atoms with Crippen LogP contribution in [-0.4, -0.2) is 53.6 Å². The lowest BCUT2D eigenvalue weighted by molar-refractivity contribution is -0.138. The molecule has 0 bridgehead atoms. The fourth-order valence-electron chi connectivity index (χ4n) is 3.52. The van der Waals surface area contributed by atoms with E-state index in [1.165, 1.54) is 0 Å². The van der Waals surface area contributed by atoms with Gasteiger partial charge < -0.3 is 9.52 Å². The SMILES string of the molecule is CN(CC(=O)O)C1CCCN(Cc2ccc(-c3ccccc3)o2)CC1. The summed E-state index contributed by atoms with van der Waals surface area (Å²) in [5.74, 6) is 1.13. The maximum atomic E-state index is 10.9. The third kappa shape index (κ3) is 4.94. The Kier molecular flexibility index (Phi) is 5.89. The quantitative estimate of drug-likeness (QED) is 0.873. The summed E-state index contributed by atoms with van der Waals surface area (Å²) in [6.45, 7) is 2.92. The largest absolute Gasteiger partial charge is 0.480 e. The van der Waals surface area contributed by atoms with Crippen molar-refractivity contribution >= 4 is 5.97 Å². The van der Waals surface area contributed by atoms with E-state index in [-0.39, 0.29) is 6.54 Å². The molecule has 1 aliphatic heterocycles. The van der Waals surface area contributed by atoms with E-state index in [4.69, 9.17) is 9.52 Å². The van der Waals surface area contributed by atoms with E-state index in [2.05, 4.69) is 23.1 Å². The molecule has 1 atom stereocenters. The third-order valence-corrected chi connectivity index (χ3v) is 4.90. The van der Waals surface area contributed by atoms with Crippen LogP contribution in [0, 0.1) is 0 Å². The molecule has 1 aliphatic rings. The van der Waals surface area contributed by atoms with Gasteiger partial charge in [-0.15, -0.1) is 0 Å². The predicted octanol–water partition coefficient (Wildman–Crippen LogP) is 3.32. The number of hydrogen-bond acceptors (Lipinski definition) is 4. The highest BCUT2D eigenvalue weighted by Crippen LogP contribution is 2.23. The minimum atomic E-state index is -0.757. The molecule has 1 fully saturated rings. The number of carboxylic acids is 1. The van der Waals surface area contributed by atoms with Crippen LogP contribution in [0.2, 0.25) is 0 Å². The third-order valence-electron chi connectivity index (χ3n) is 4.90. The second-order valence-corrected chi connectivity index (χ2v) is 6.80. The van der Waals surface area contributed by atoms with Crippen LogP contribution in [0.4, 0.5) is 0 Å². The maximum Gasteiger partial charge on any atom is 0.317 e. The molecule has 0 radical (unpaired) electrons. The summed E-state index contributed by atoms with van der Waals surface area (Å²) in [5.41, 5.74) is 1.10. The topological polar surface area (TPSA) is 56.9 Å². The monoisotopic (exact) mass is 342 g/mol. The van der Waals surface area contributed by atoms with Crippen LogP contribution in [0.1, 0.15) is 25.0 Å². The Labute approximate surface area is 148 Å². The summed E-state index contributed by atoms with van der Waals surface area (Å²) in [4.78, 5) is 15.3. The molecule has 5 heteroatoms. The van der Waals surface area contributed by atoms with Crippen LogP contribution in [0.15, 0.2) is 46.9 Å². The zero-order valence-corrected chi connectivity index (χ0v) is 14.7. The van der Waals surface area contributed by atoms with Crippen LogP contribution >= 0.6 is 0 Å². The second kappa shape index (κ2) is 8.32. The highest BCUT2D eigenvalue weighted by Gasteiger charge is 2.22. The van der Waals surface area contributed by atoms with E-state index >= 15 is 0 Å². The number of hydrogen-bond donors (Lipinski definition) is 1. The number of nitrogens with zero attached hydrogens (tertiary/aromatic N) is 2. The van der Waals surface area contributed by atoms with Gasteiger partial charge in [0.05, 0.1) is 13.1 Å². The minimum Gasteiger partial charge on any atom is -0.480 e. The van der Waals surface area contributed by atoms with Gasteiger partial charge >= 0.3 is 5.97 Å². The Balaban J connectivity index is 1.55. The molecule has 1 aromatic carbocycles. The van der Waals surface area contributed by atoms with Gasteiger partial charge in [-0.3, -0.25) is 14.6 Å². The molecule has 0 aliphatic carbocycles. The zero-order chi connectivity index (χ0) is 17.6. The van der Waals surface area contributed by atoms with Crippen LogP contribution < -0.4 is 0 Å². The first-order chi connectivity index (χ1) is 12.1. The predicted molar refractivity (Wildman–Crippen MR) is 97.3 cm³/mol. The van der Waals surface area contributed by atoms with E-state index in [1.807, 2.05) is 36.2 Å². The smallest absolute Gasteiger partial charge is 0.317 e.